The summed E-state index contributed by atoms with van der Waals surface area (Å²) in [5, 5.41) is 6.86. The minimum atomic E-state index is -0.145. The minimum Gasteiger partial charge on any atom is -0.494 e. The van der Waals surface area contributed by atoms with Crippen molar-refractivity contribution >= 4 is 57.5 Å². The Morgan fingerprint density at radius 3 is 2.81 bits per heavy atom. The number of thiophene rings is 1. The van der Waals surface area contributed by atoms with E-state index in [0.717, 1.165) is 16.3 Å². The molecule has 0 spiro atoms. The van der Waals surface area contributed by atoms with E-state index in [1.807, 2.05) is 53.4 Å². The average molecular weight is 473 g/mol. The lowest BCUT2D eigenvalue weighted by atomic mass is 10.0. The van der Waals surface area contributed by atoms with E-state index in [9.17, 15) is 4.79 Å². The highest BCUT2D eigenvalue weighted by Crippen LogP contribution is 2.45. The van der Waals surface area contributed by atoms with Crippen LogP contribution in [0, 0.1) is 0 Å². The molecule has 3 aromatic rings. The van der Waals surface area contributed by atoms with E-state index in [-0.39, 0.29) is 18.0 Å². The molecular weight excluding hydrogens is 452 g/mol. The van der Waals surface area contributed by atoms with E-state index >= 15 is 0 Å². The molecule has 3 heterocycles. The third-order valence-electron chi connectivity index (χ3n) is 5.04. The molecule has 31 heavy (non-hydrogen) atoms. The Bertz CT molecular complexity index is 1110. The summed E-state index contributed by atoms with van der Waals surface area (Å²) in [5.74, 6) is 0.483. The first-order chi connectivity index (χ1) is 15.0. The molecule has 0 saturated carbocycles. The number of thiocarbonyl (C=S) groups is 1. The molecule has 2 N–H and O–H groups in total. The molecule has 1 amide bonds. The fraction of sp³-hybridized carbons (Fsp3) is 0.227. The van der Waals surface area contributed by atoms with Crippen molar-refractivity contribution in [1.29, 1.82) is 0 Å². The Labute approximate surface area is 195 Å². The average Bonchev–Trinajstić information content (AvgIpc) is 3.37. The number of pyridine rings is 1. The number of rotatable bonds is 6. The van der Waals surface area contributed by atoms with Crippen LogP contribution in [0.1, 0.15) is 36.0 Å². The summed E-state index contributed by atoms with van der Waals surface area (Å²) in [6.07, 6.45) is 2.16. The van der Waals surface area contributed by atoms with Crippen LogP contribution in [0.25, 0.3) is 0 Å². The van der Waals surface area contributed by atoms with Gasteiger partial charge < -0.3 is 20.3 Å². The van der Waals surface area contributed by atoms with Crippen molar-refractivity contribution in [2.45, 2.75) is 25.4 Å². The number of hydrogen-bond donors (Lipinski definition) is 2. The molecule has 0 aliphatic carbocycles. The number of benzene rings is 1. The summed E-state index contributed by atoms with van der Waals surface area (Å²) in [6.45, 7) is 1.80. The van der Waals surface area contributed by atoms with Gasteiger partial charge in [0.15, 0.2) is 5.11 Å². The van der Waals surface area contributed by atoms with E-state index in [0.29, 0.717) is 27.3 Å². The van der Waals surface area contributed by atoms with Crippen LogP contribution < -0.4 is 20.3 Å². The number of nitrogens with zero attached hydrogens (tertiary/aromatic N) is 2. The number of nitrogens with one attached hydrogen (secondary N) is 2. The molecule has 2 aromatic heterocycles. The number of carbonyl (C=O) groups excluding carboxylic acids is 1. The quantitative estimate of drug-likeness (QED) is 0.472. The molecule has 2 atom stereocenters. The Morgan fingerprint density at radius 1 is 1.32 bits per heavy atom. The number of halogens is 1. The monoisotopic (exact) mass is 472 g/mol. The second-order valence-corrected chi connectivity index (χ2v) is 9.06. The summed E-state index contributed by atoms with van der Waals surface area (Å²) >= 11 is 13.5. The van der Waals surface area contributed by atoms with Gasteiger partial charge in [0, 0.05) is 29.2 Å². The number of ether oxygens (including phenoxy) is 1. The van der Waals surface area contributed by atoms with Gasteiger partial charge in [0.05, 0.1) is 34.9 Å². The van der Waals surface area contributed by atoms with Crippen LogP contribution in [0.15, 0.2) is 54.7 Å². The van der Waals surface area contributed by atoms with E-state index in [2.05, 4.69) is 15.6 Å². The van der Waals surface area contributed by atoms with E-state index in [4.69, 9.17) is 28.6 Å². The minimum absolute atomic E-state index is 0.0780. The number of hydrogen-bond acceptors (Lipinski definition) is 5. The number of aromatic nitrogens is 1. The summed E-state index contributed by atoms with van der Waals surface area (Å²) < 4.78 is 6.26. The van der Waals surface area contributed by atoms with Crippen molar-refractivity contribution in [2.75, 3.05) is 17.3 Å². The van der Waals surface area contributed by atoms with E-state index < -0.39 is 0 Å². The van der Waals surface area contributed by atoms with Crippen molar-refractivity contribution in [2.24, 2.45) is 0 Å². The molecule has 1 aliphatic heterocycles. The van der Waals surface area contributed by atoms with Crippen molar-refractivity contribution < 1.29 is 9.53 Å². The Balaban J connectivity index is 1.76. The fourth-order valence-corrected chi connectivity index (χ4v) is 5.12. The van der Waals surface area contributed by atoms with Crippen LogP contribution in [0.5, 0.6) is 5.75 Å². The topological polar surface area (TPSA) is 66.5 Å². The predicted octanol–water partition coefficient (Wildman–Crippen LogP) is 5.33. The van der Waals surface area contributed by atoms with Crippen molar-refractivity contribution in [1.82, 2.24) is 10.3 Å². The van der Waals surface area contributed by atoms with Crippen LogP contribution in [0.3, 0.4) is 0 Å². The number of carbonyl (C=O) groups is 1. The lowest BCUT2D eigenvalue weighted by Gasteiger charge is -2.27. The van der Waals surface area contributed by atoms with Gasteiger partial charge in [-0.2, -0.15) is 0 Å². The summed E-state index contributed by atoms with van der Waals surface area (Å²) in [4.78, 5) is 19.5. The first-order valence-corrected chi connectivity index (χ1v) is 11.4. The van der Waals surface area contributed by atoms with Crippen molar-refractivity contribution in [3.63, 3.8) is 0 Å². The first-order valence-electron chi connectivity index (χ1n) is 9.75. The van der Waals surface area contributed by atoms with Crippen molar-refractivity contribution in [3.8, 4) is 5.75 Å². The molecule has 1 fully saturated rings. The maximum atomic E-state index is 11.9. The highest BCUT2D eigenvalue weighted by molar-refractivity contribution is 7.80. The zero-order chi connectivity index (χ0) is 22.0. The van der Waals surface area contributed by atoms with Gasteiger partial charge in [-0.3, -0.25) is 9.78 Å². The molecule has 0 radical (unpaired) electrons. The van der Waals surface area contributed by atoms with Crippen LogP contribution in [-0.2, 0) is 4.79 Å². The van der Waals surface area contributed by atoms with Crippen LogP contribution >= 0.6 is 35.2 Å². The first kappa shape index (κ1) is 21.5. The van der Waals surface area contributed by atoms with Gasteiger partial charge >= 0.3 is 0 Å². The summed E-state index contributed by atoms with van der Waals surface area (Å²) in [6, 6.07) is 15.1. The molecule has 160 valence electrons. The van der Waals surface area contributed by atoms with Gasteiger partial charge in [0.2, 0.25) is 5.91 Å². The van der Waals surface area contributed by atoms with Gasteiger partial charge in [-0.05, 0) is 48.6 Å². The number of anilines is 2. The maximum Gasteiger partial charge on any atom is 0.224 e. The van der Waals surface area contributed by atoms with Gasteiger partial charge in [-0.15, -0.1) is 11.3 Å². The summed E-state index contributed by atoms with van der Waals surface area (Å²) in [7, 11) is 1.58. The Hall–Kier alpha value is -2.68. The van der Waals surface area contributed by atoms with Gasteiger partial charge in [0.25, 0.3) is 0 Å². The summed E-state index contributed by atoms with van der Waals surface area (Å²) in [5.41, 5.74) is 2.35. The maximum absolute atomic E-state index is 11.9. The number of methoxy groups -OCH3 is 1. The largest absolute Gasteiger partial charge is 0.494 e. The highest BCUT2D eigenvalue weighted by Gasteiger charge is 2.41. The predicted molar refractivity (Wildman–Crippen MR) is 129 cm³/mol. The molecular formula is C22H21ClN4O2S2. The lowest BCUT2D eigenvalue weighted by Crippen LogP contribution is -2.29. The fourth-order valence-electron chi connectivity index (χ4n) is 3.58. The SMILES string of the molecule is CCC(=O)Nc1ccc(N2C(=S)N[C@H](c3ccccn3)[C@@H]2c2ccc(Cl)s2)cc1OC. The Kier molecular flexibility index (Phi) is 6.41. The van der Waals surface area contributed by atoms with Crippen molar-refractivity contribution in [3.05, 3.63) is 69.6 Å². The van der Waals surface area contributed by atoms with E-state index in [1.165, 1.54) is 11.3 Å². The molecule has 1 saturated heterocycles. The van der Waals surface area contributed by atoms with Crippen LogP contribution in [-0.4, -0.2) is 23.1 Å². The smallest absolute Gasteiger partial charge is 0.224 e. The highest BCUT2D eigenvalue weighted by atomic mass is 35.5. The van der Waals surface area contributed by atoms with E-state index in [1.54, 1.807) is 20.2 Å². The van der Waals surface area contributed by atoms with Gasteiger partial charge in [-0.1, -0.05) is 24.6 Å². The van der Waals surface area contributed by atoms with Gasteiger partial charge in [0.1, 0.15) is 5.75 Å². The van der Waals surface area contributed by atoms with Crippen LogP contribution in [0.4, 0.5) is 11.4 Å². The second-order valence-electron chi connectivity index (χ2n) is 6.92. The number of amides is 1. The second kappa shape index (κ2) is 9.21. The Morgan fingerprint density at radius 2 is 2.16 bits per heavy atom. The third kappa shape index (κ3) is 4.37. The normalized spacial score (nSPS) is 18.0. The van der Waals surface area contributed by atoms with Gasteiger partial charge in [-0.25, -0.2) is 0 Å². The molecule has 0 bridgehead atoms. The molecule has 9 heteroatoms. The molecule has 1 aliphatic rings. The standard InChI is InChI=1S/C22H21ClN4O2S2/c1-3-19(28)25-14-8-7-13(12-16(14)29-2)27-21(17-9-10-18(23)31-17)20(26-22(27)30)15-6-4-5-11-24-15/h4-12,20-21H,3H2,1-2H3,(H,25,28)(H,26,30)/t20-,21+/m1/s1. The molecule has 1 aromatic carbocycles. The zero-order valence-electron chi connectivity index (χ0n) is 17.0. The van der Waals surface area contributed by atoms with Crippen LogP contribution in [0.2, 0.25) is 4.34 Å². The molecule has 4 rings (SSSR count). The zero-order valence-corrected chi connectivity index (χ0v) is 19.4. The lowest BCUT2D eigenvalue weighted by molar-refractivity contribution is -0.115. The third-order valence-corrected chi connectivity index (χ3v) is 6.66. The molecule has 6 nitrogen and oxygen atoms in total. The molecule has 0 unspecified atom stereocenters.